The van der Waals surface area contributed by atoms with Gasteiger partial charge in [-0.05, 0) is 36.6 Å². The van der Waals surface area contributed by atoms with Crippen LogP contribution in [-0.2, 0) is 11.2 Å². The molecule has 7 heteroatoms. The minimum atomic E-state index is -0.119. The predicted molar refractivity (Wildman–Crippen MR) is 116 cm³/mol. The molecule has 31 heavy (non-hydrogen) atoms. The lowest BCUT2D eigenvalue weighted by molar-refractivity contribution is -0.129. The van der Waals surface area contributed by atoms with Gasteiger partial charge in [-0.1, -0.05) is 42.4 Å². The lowest BCUT2D eigenvalue weighted by Crippen LogP contribution is -2.28. The molecule has 2 aromatic carbocycles. The topological polar surface area (TPSA) is 77.7 Å². The van der Waals surface area contributed by atoms with Gasteiger partial charge in [-0.15, -0.1) is 0 Å². The number of rotatable bonds is 7. The highest BCUT2D eigenvalue weighted by atomic mass is 16.5. The Hall–Kier alpha value is -3.35. The molecule has 4 rings (SSSR count). The van der Waals surface area contributed by atoms with Crippen molar-refractivity contribution in [3.05, 3.63) is 59.5 Å². The summed E-state index contributed by atoms with van der Waals surface area (Å²) in [5.41, 5.74) is 3.15. The SMILES string of the molecule is CCc1ccc(-c2noc(C3CC(=O)N(C(C)c4ccc(OC)c(OC)c4)C3)n2)cc1. The summed E-state index contributed by atoms with van der Waals surface area (Å²) in [4.78, 5) is 19.2. The minimum absolute atomic E-state index is 0.0688. The molecule has 2 unspecified atom stereocenters. The van der Waals surface area contributed by atoms with E-state index in [4.69, 9.17) is 14.0 Å². The van der Waals surface area contributed by atoms with E-state index in [1.54, 1.807) is 14.2 Å². The van der Waals surface area contributed by atoms with E-state index in [0.717, 1.165) is 17.5 Å². The Kier molecular flexibility index (Phi) is 5.93. The van der Waals surface area contributed by atoms with Gasteiger partial charge in [0.1, 0.15) is 0 Å². The van der Waals surface area contributed by atoms with Gasteiger partial charge in [0.25, 0.3) is 0 Å². The van der Waals surface area contributed by atoms with Crippen molar-refractivity contribution < 1.29 is 18.8 Å². The molecule has 1 aliphatic rings. The number of methoxy groups -OCH3 is 2. The molecular formula is C24H27N3O4. The Bertz CT molecular complexity index is 1060. The van der Waals surface area contributed by atoms with Gasteiger partial charge in [0.2, 0.25) is 17.6 Å². The molecule has 0 N–H and O–H groups in total. The molecule has 0 saturated carbocycles. The molecule has 0 bridgehead atoms. The van der Waals surface area contributed by atoms with Crippen molar-refractivity contribution in [3.8, 4) is 22.9 Å². The number of carbonyl (C=O) groups excluding carboxylic acids is 1. The highest BCUT2D eigenvalue weighted by Gasteiger charge is 2.37. The number of hydrogen-bond donors (Lipinski definition) is 0. The Labute approximate surface area is 182 Å². The summed E-state index contributed by atoms with van der Waals surface area (Å²) in [5, 5.41) is 4.14. The normalized spacial score (nSPS) is 17.1. The first-order valence-corrected chi connectivity index (χ1v) is 10.5. The molecule has 1 amide bonds. The number of carbonyl (C=O) groups is 1. The number of amides is 1. The van der Waals surface area contributed by atoms with E-state index in [1.807, 2.05) is 42.2 Å². The number of aryl methyl sites for hydroxylation is 1. The molecule has 162 valence electrons. The third-order valence-electron chi connectivity index (χ3n) is 5.93. The number of likely N-dealkylation sites (tertiary alicyclic amines) is 1. The van der Waals surface area contributed by atoms with Gasteiger partial charge >= 0.3 is 0 Å². The fourth-order valence-corrected chi connectivity index (χ4v) is 3.97. The van der Waals surface area contributed by atoms with Gasteiger partial charge in [-0.2, -0.15) is 4.98 Å². The van der Waals surface area contributed by atoms with Crippen LogP contribution < -0.4 is 9.47 Å². The lowest BCUT2D eigenvalue weighted by atomic mass is 10.1. The third kappa shape index (κ3) is 4.13. The molecule has 3 aromatic rings. The summed E-state index contributed by atoms with van der Waals surface area (Å²) in [6, 6.07) is 13.7. The fraction of sp³-hybridized carbons (Fsp3) is 0.375. The minimum Gasteiger partial charge on any atom is -0.493 e. The van der Waals surface area contributed by atoms with Crippen LogP contribution in [0.1, 0.15) is 49.2 Å². The van der Waals surface area contributed by atoms with Gasteiger partial charge in [-0.25, -0.2) is 0 Å². The Morgan fingerprint density at radius 1 is 1.13 bits per heavy atom. The number of aromatic nitrogens is 2. The second-order valence-electron chi connectivity index (χ2n) is 7.74. The molecular weight excluding hydrogens is 394 g/mol. The average molecular weight is 421 g/mol. The van der Waals surface area contributed by atoms with Gasteiger partial charge in [-0.3, -0.25) is 4.79 Å². The first kappa shape index (κ1) is 20.9. The van der Waals surface area contributed by atoms with Crippen LogP contribution in [0.2, 0.25) is 0 Å². The third-order valence-corrected chi connectivity index (χ3v) is 5.93. The molecule has 0 aliphatic carbocycles. The van der Waals surface area contributed by atoms with Crippen LogP contribution in [0.5, 0.6) is 11.5 Å². The maximum absolute atomic E-state index is 12.8. The van der Waals surface area contributed by atoms with Gasteiger partial charge < -0.3 is 18.9 Å². The Morgan fingerprint density at radius 3 is 2.55 bits per heavy atom. The molecule has 0 spiro atoms. The van der Waals surface area contributed by atoms with E-state index in [1.165, 1.54) is 5.56 Å². The van der Waals surface area contributed by atoms with Gasteiger partial charge in [0.15, 0.2) is 11.5 Å². The zero-order chi connectivity index (χ0) is 22.0. The number of nitrogens with zero attached hydrogens (tertiary/aromatic N) is 3. The molecule has 1 aliphatic heterocycles. The average Bonchev–Trinajstić information content (AvgIpc) is 3.45. The van der Waals surface area contributed by atoms with Crippen LogP contribution in [0.4, 0.5) is 0 Å². The van der Waals surface area contributed by atoms with Crippen LogP contribution in [0.25, 0.3) is 11.4 Å². The molecule has 1 fully saturated rings. The lowest BCUT2D eigenvalue weighted by Gasteiger charge is -2.25. The largest absolute Gasteiger partial charge is 0.493 e. The van der Waals surface area contributed by atoms with Crippen molar-refractivity contribution in [3.63, 3.8) is 0 Å². The molecule has 2 heterocycles. The number of hydrogen-bond acceptors (Lipinski definition) is 6. The Morgan fingerprint density at radius 2 is 1.87 bits per heavy atom. The maximum Gasteiger partial charge on any atom is 0.232 e. The predicted octanol–water partition coefficient (Wildman–Crippen LogP) is 4.39. The Balaban J connectivity index is 1.50. The van der Waals surface area contributed by atoms with Gasteiger partial charge in [0, 0.05) is 18.5 Å². The van der Waals surface area contributed by atoms with Crippen LogP contribution in [0.3, 0.4) is 0 Å². The quantitative estimate of drug-likeness (QED) is 0.563. The van der Waals surface area contributed by atoms with E-state index in [2.05, 4.69) is 29.2 Å². The number of benzene rings is 2. The van der Waals surface area contributed by atoms with Crippen LogP contribution in [0, 0.1) is 0 Å². The van der Waals surface area contributed by atoms with Gasteiger partial charge in [0.05, 0.1) is 26.2 Å². The second kappa shape index (κ2) is 8.79. The van der Waals surface area contributed by atoms with Crippen molar-refractivity contribution in [2.24, 2.45) is 0 Å². The highest BCUT2D eigenvalue weighted by Crippen LogP contribution is 2.36. The monoisotopic (exact) mass is 421 g/mol. The summed E-state index contributed by atoms with van der Waals surface area (Å²) >= 11 is 0. The summed E-state index contributed by atoms with van der Waals surface area (Å²) < 4.78 is 16.2. The highest BCUT2D eigenvalue weighted by molar-refractivity contribution is 5.80. The van der Waals surface area contributed by atoms with Crippen molar-refractivity contribution in [1.29, 1.82) is 0 Å². The van der Waals surface area contributed by atoms with Crippen molar-refractivity contribution in [2.45, 2.75) is 38.6 Å². The summed E-state index contributed by atoms with van der Waals surface area (Å²) in [6.45, 7) is 4.66. The van der Waals surface area contributed by atoms with E-state index in [9.17, 15) is 4.79 Å². The molecule has 1 aromatic heterocycles. The number of ether oxygens (including phenoxy) is 2. The second-order valence-corrected chi connectivity index (χ2v) is 7.74. The summed E-state index contributed by atoms with van der Waals surface area (Å²) in [6.07, 6.45) is 1.34. The van der Waals surface area contributed by atoms with Crippen LogP contribution in [0.15, 0.2) is 47.0 Å². The van der Waals surface area contributed by atoms with Crippen LogP contribution in [-0.4, -0.2) is 41.7 Å². The van der Waals surface area contributed by atoms with E-state index < -0.39 is 0 Å². The fourth-order valence-electron chi connectivity index (χ4n) is 3.97. The zero-order valence-corrected chi connectivity index (χ0v) is 18.3. The molecule has 0 radical (unpaired) electrons. The summed E-state index contributed by atoms with van der Waals surface area (Å²) in [5.74, 6) is 2.31. The molecule has 1 saturated heterocycles. The van der Waals surface area contributed by atoms with Crippen molar-refractivity contribution in [2.75, 3.05) is 20.8 Å². The first-order chi connectivity index (χ1) is 15.0. The van der Waals surface area contributed by atoms with Crippen molar-refractivity contribution >= 4 is 5.91 Å². The van der Waals surface area contributed by atoms with Crippen molar-refractivity contribution in [1.82, 2.24) is 15.0 Å². The standard InChI is InChI=1S/C24H27N3O4/c1-5-16-6-8-17(9-7-16)23-25-24(31-26-23)19-13-22(28)27(14-19)15(2)18-10-11-20(29-3)21(12-18)30-4/h6-12,15,19H,5,13-14H2,1-4H3. The van der Waals surface area contributed by atoms with Crippen LogP contribution >= 0.6 is 0 Å². The smallest absolute Gasteiger partial charge is 0.232 e. The van der Waals surface area contributed by atoms with E-state index in [-0.39, 0.29) is 17.9 Å². The van der Waals surface area contributed by atoms with E-state index in [0.29, 0.717) is 36.2 Å². The zero-order valence-electron chi connectivity index (χ0n) is 18.3. The first-order valence-electron chi connectivity index (χ1n) is 10.5. The summed E-state index contributed by atoms with van der Waals surface area (Å²) in [7, 11) is 3.21. The maximum atomic E-state index is 12.8. The molecule has 7 nitrogen and oxygen atoms in total. The van der Waals surface area contributed by atoms with E-state index >= 15 is 0 Å². The molecule has 2 atom stereocenters.